The van der Waals surface area contributed by atoms with Crippen molar-refractivity contribution in [3.8, 4) is 5.88 Å². The Labute approximate surface area is 107 Å². The van der Waals surface area contributed by atoms with E-state index >= 15 is 0 Å². The molecule has 0 amide bonds. The van der Waals surface area contributed by atoms with Gasteiger partial charge in [-0.25, -0.2) is 4.98 Å². The van der Waals surface area contributed by atoms with Crippen LogP contribution < -0.4 is 10.1 Å². The number of nitrogens with zero attached hydrogens (tertiary/aromatic N) is 2. The second kappa shape index (κ2) is 7.42. The third-order valence-electron chi connectivity index (χ3n) is 2.64. The van der Waals surface area contributed by atoms with Gasteiger partial charge in [0, 0.05) is 18.9 Å². The molecule has 5 nitrogen and oxygen atoms in total. The molecule has 1 saturated heterocycles. The van der Waals surface area contributed by atoms with E-state index in [-0.39, 0.29) is 18.5 Å². The Bertz CT molecular complexity index is 332. The third-order valence-corrected chi connectivity index (χ3v) is 2.64. The molecule has 0 aromatic carbocycles. The summed E-state index contributed by atoms with van der Waals surface area (Å²) in [7, 11) is 1.59. The summed E-state index contributed by atoms with van der Waals surface area (Å²) in [6, 6.07) is 0. The van der Waals surface area contributed by atoms with E-state index in [1.807, 2.05) is 0 Å². The van der Waals surface area contributed by atoms with Gasteiger partial charge < -0.3 is 14.8 Å². The molecule has 0 aliphatic carbocycles. The third kappa shape index (κ3) is 4.11. The number of rotatable bonds is 4. The van der Waals surface area contributed by atoms with Crippen molar-refractivity contribution in [1.82, 2.24) is 15.3 Å². The number of aromatic nitrogens is 2. The van der Waals surface area contributed by atoms with Gasteiger partial charge in [-0.15, -0.1) is 12.4 Å². The smallest absolute Gasteiger partial charge is 0.237 e. The molecule has 1 aliphatic rings. The van der Waals surface area contributed by atoms with Crippen LogP contribution in [-0.2, 0) is 11.3 Å². The Kier molecular flexibility index (Phi) is 6.18. The van der Waals surface area contributed by atoms with Crippen molar-refractivity contribution in [2.75, 3.05) is 20.2 Å². The van der Waals surface area contributed by atoms with Crippen molar-refractivity contribution in [3.63, 3.8) is 0 Å². The minimum atomic E-state index is 0. The van der Waals surface area contributed by atoms with Crippen molar-refractivity contribution < 1.29 is 9.47 Å². The minimum Gasteiger partial charge on any atom is -0.480 e. The van der Waals surface area contributed by atoms with Crippen LogP contribution in [0, 0.1) is 0 Å². The van der Waals surface area contributed by atoms with Gasteiger partial charge >= 0.3 is 0 Å². The fourth-order valence-corrected chi connectivity index (χ4v) is 1.78. The molecule has 0 spiro atoms. The molecule has 17 heavy (non-hydrogen) atoms. The van der Waals surface area contributed by atoms with E-state index in [2.05, 4.69) is 15.3 Å². The highest BCUT2D eigenvalue weighted by atomic mass is 35.5. The van der Waals surface area contributed by atoms with Crippen LogP contribution in [0.25, 0.3) is 0 Å². The molecule has 2 heterocycles. The van der Waals surface area contributed by atoms with E-state index in [9.17, 15) is 0 Å². The molecule has 1 atom stereocenters. The number of piperidine rings is 1. The van der Waals surface area contributed by atoms with Crippen LogP contribution in [0.15, 0.2) is 12.4 Å². The first-order valence-electron chi connectivity index (χ1n) is 5.56. The van der Waals surface area contributed by atoms with Crippen molar-refractivity contribution in [2.24, 2.45) is 0 Å². The molecule has 0 radical (unpaired) electrons. The summed E-state index contributed by atoms with van der Waals surface area (Å²) in [6.07, 6.45) is 5.82. The van der Waals surface area contributed by atoms with Crippen LogP contribution in [0.5, 0.6) is 5.88 Å². The molecule has 1 aromatic rings. The molecule has 1 fully saturated rings. The first kappa shape index (κ1) is 14.2. The summed E-state index contributed by atoms with van der Waals surface area (Å²) in [5.74, 6) is 0.547. The van der Waals surface area contributed by atoms with Gasteiger partial charge in [-0.05, 0) is 19.4 Å². The maximum Gasteiger partial charge on any atom is 0.237 e. The van der Waals surface area contributed by atoms with Crippen molar-refractivity contribution in [1.29, 1.82) is 0 Å². The van der Waals surface area contributed by atoms with E-state index in [0.29, 0.717) is 12.5 Å². The predicted octanol–water partition coefficient (Wildman–Crippen LogP) is 1.18. The molecular weight excluding hydrogens is 242 g/mol. The molecule has 1 N–H and O–H groups in total. The highest BCUT2D eigenvalue weighted by Crippen LogP contribution is 2.14. The summed E-state index contributed by atoms with van der Waals surface area (Å²) < 4.78 is 10.9. The lowest BCUT2D eigenvalue weighted by Crippen LogP contribution is -2.35. The van der Waals surface area contributed by atoms with Gasteiger partial charge in [-0.3, -0.25) is 4.98 Å². The van der Waals surface area contributed by atoms with Gasteiger partial charge in [0.2, 0.25) is 5.88 Å². The SMILES string of the molecule is COc1nccnc1COC1CCCNC1.Cl. The van der Waals surface area contributed by atoms with Crippen LogP contribution in [0.3, 0.4) is 0 Å². The van der Waals surface area contributed by atoms with Crippen molar-refractivity contribution >= 4 is 12.4 Å². The molecule has 0 saturated carbocycles. The molecule has 0 bridgehead atoms. The Morgan fingerprint density at radius 2 is 2.24 bits per heavy atom. The lowest BCUT2D eigenvalue weighted by Gasteiger charge is -2.22. The Balaban J connectivity index is 0.00000144. The number of nitrogens with one attached hydrogen (secondary N) is 1. The number of halogens is 1. The summed E-state index contributed by atoms with van der Waals surface area (Å²) >= 11 is 0. The average Bonchev–Trinajstić information content (AvgIpc) is 2.38. The lowest BCUT2D eigenvalue weighted by molar-refractivity contribution is 0.0224. The van der Waals surface area contributed by atoms with E-state index < -0.39 is 0 Å². The van der Waals surface area contributed by atoms with E-state index in [1.165, 1.54) is 6.42 Å². The van der Waals surface area contributed by atoms with Crippen LogP contribution in [0.2, 0.25) is 0 Å². The summed E-state index contributed by atoms with van der Waals surface area (Å²) in [6.45, 7) is 2.47. The van der Waals surface area contributed by atoms with Crippen LogP contribution >= 0.6 is 12.4 Å². The molecule has 1 aliphatic heterocycles. The zero-order chi connectivity index (χ0) is 11.2. The Morgan fingerprint density at radius 1 is 1.41 bits per heavy atom. The van der Waals surface area contributed by atoms with Gasteiger partial charge in [0.1, 0.15) is 5.69 Å². The van der Waals surface area contributed by atoms with Crippen LogP contribution in [-0.4, -0.2) is 36.3 Å². The number of methoxy groups -OCH3 is 1. The molecule has 96 valence electrons. The van der Waals surface area contributed by atoms with Gasteiger partial charge in [0.05, 0.1) is 19.8 Å². The van der Waals surface area contributed by atoms with E-state index in [4.69, 9.17) is 9.47 Å². The quantitative estimate of drug-likeness (QED) is 0.880. The van der Waals surface area contributed by atoms with Crippen LogP contribution in [0.1, 0.15) is 18.5 Å². The topological polar surface area (TPSA) is 56.3 Å². The second-order valence-electron chi connectivity index (χ2n) is 3.79. The lowest BCUT2D eigenvalue weighted by atomic mass is 10.1. The molecule has 6 heteroatoms. The normalized spacial score (nSPS) is 19.5. The summed E-state index contributed by atoms with van der Waals surface area (Å²) in [5, 5.41) is 3.31. The summed E-state index contributed by atoms with van der Waals surface area (Å²) in [4.78, 5) is 8.28. The highest BCUT2D eigenvalue weighted by Gasteiger charge is 2.14. The average molecular weight is 260 g/mol. The fourth-order valence-electron chi connectivity index (χ4n) is 1.78. The van der Waals surface area contributed by atoms with Crippen molar-refractivity contribution in [2.45, 2.75) is 25.6 Å². The van der Waals surface area contributed by atoms with Gasteiger partial charge in [0.25, 0.3) is 0 Å². The van der Waals surface area contributed by atoms with Gasteiger partial charge in [-0.1, -0.05) is 0 Å². The maximum absolute atomic E-state index is 5.77. The first-order valence-corrected chi connectivity index (χ1v) is 5.56. The predicted molar refractivity (Wildman–Crippen MR) is 66.5 cm³/mol. The van der Waals surface area contributed by atoms with Gasteiger partial charge in [0.15, 0.2) is 0 Å². The maximum atomic E-state index is 5.77. The zero-order valence-electron chi connectivity index (χ0n) is 9.89. The zero-order valence-corrected chi connectivity index (χ0v) is 10.7. The second-order valence-corrected chi connectivity index (χ2v) is 3.79. The van der Waals surface area contributed by atoms with E-state index in [1.54, 1.807) is 19.5 Å². The number of hydrogen-bond acceptors (Lipinski definition) is 5. The number of ether oxygens (including phenoxy) is 2. The molecule has 2 rings (SSSR count). The molecular formula is C11H18ClN3O2. The highest BCUT2D eigenvalue weighted by molar-refractivity contribution is 5.85. The standard InChI is InChI=1S/C11H17N3O2.ClH/c1-15-11-10(13-5-6-14-11)8-16-9-3-2-4-12-7-9;/h5-6,9,12H,2-4,7-8H2,1H3;1H. The Hall–Kier alpha value is -0.910. The molecule has 1 unspecified atom stereocenters. The van der Waals surface area contributed by atoms with E-state index in [0.717, 1.165) is 25.2 Å². The minimum absolute atomic E-state index is 0. The monoisotopic (exact) mass is 259 g/mol. The summed E-state index contributed by atoms with van der Waals surface area (Å²) in [5.41, 5.74) is 0.760. The van der Waals surface area contributed by atoms with Crippen LogP contribution in [0.4, 0.5) is 0 Å². The van der Waals surface area contributed by atoms with Crippen molar-refractivity contribution in [3.05, 3.63) is 18.1 Å². The fraction of sp³-hybridized carbons (Fsp3) is 0.636. The first-order chi connectivity index (χ1) is 7.90. The number of hydrogen-bond donors (Lipinski definition) is 1. The van der Waals surface area contributed by atoms with Gasteiger partial charge in [-0.2, -0.15) is 0 Å². The molecule has 1 aromatic heterocycles. The largest absolute Gasteiger partial charge is 0.480 e. The Morgan fingerprint density at radius 3 is 2.94 bits per heavy atom.